The van der Waals surface area contributed by atoms with E-state index in [-0.39, 0.29) is 5.91 Å². The van der Waals surface area contributed by atoms with Gasteiger partial charge in [-0.3, -0.25) is 9.69 Å². The first-order chi connectivity index (χ1) is 12.1. The van der Waals surface area contributed by atoms with E-state index in [9.17, 15) is 4.79 Å². The van der Waals surface area contributed by atoms with Crippen molar-refractivity contribution in [2.45, 2.75) is 32.4 Å². The maximum atomic E-state index is 11.1. The molecule has 2 aromatic rings. The van der Waals surface area contributed by atoms with Crippen molar-refractivity contribution in [2.75, 3.05) is 26.1 Å². The molecule has 6 nitrogen and oxygen atoms in total. The fraction of sp³-hybridized carbons (Fsp3) is 0.444. The van der Waals surface area contributed by atoms with E-state index >= 15 is 0 Å². The molecule has 1 aromatic heterocycles. The number of aromatic nitrogens is 1. The lowest BCUT2D eigenvalue weighted by molar-refractivity contribution is -0.114. The largest absolute Gasteiger partial charge is 0.493 e. The summed E-state index contributed by atoms with van der Waals surface area (Å²) in [5.74, 6) is 1.41. The summed E-state index contributed by atoms with van der Waals surface area (Å²) in [6, 6.07) is 6.47. The molecule has 1 amide bonds. The highest BCUT2D eigenvalue weighted by atomic mass is 32.1. The van der Waals surface area contributed by atoms with Gasteiger partial charge in [0.25, 0.3) is 0 Å². The highest BCUT2D eigenvalue weighted by molar-refractivity contribution is 7.13. The summed E-state index contributed by atoms with van der Waals surface area (Å²) in [5.41, 5.74) is 2.22. The molecule has 1 saturated heterocycles. The Labute approximate surface area is 151 Å². The van der Waals surface area contributed by atoms with Crippen LogP contribution in [-0.2, 0) is 11.3 Å². The van der Waals surface area contributed by atoms with Gasteiger partial charge in [0.05, 0.1) is 19.9 Å². The van der Waals surface area contributed by atoms with E-state index in [1.54, 1.807) is 14.2 Å². The first-order valence-corrected chi connectivity index (χ1v) is 9.16. The fourth-order valence-electron chi connectivity index (χ4n) is 3.25. The molecular formula is C18H23N3O3S. The summed E-state index contributed by atoms with van der Waals surface area (Å²) < 4.78 is 10.8. The molecule has 1 fully saturated rings. The van der Waals surface area contributed by atoms with Crippen molar-refractivity contribution in [1.29, 1.82) is 0 Å². The Morgan fingerprint density at radius 1 is 1.36 bits per heavy atom. The van der Waals surface area contributed by atoms with Crippen LogP contribution in [-0.4, -0.2) is 36.6 Å². The Balaban J connectivity index is 1.74. The Morgan fingerprint density at radius 2 is 2.16 bits per heavy atom. The third-order valence-corrected chi connectivity index (χ3v) is 5.16. The second-order valence-corrected chi connectivity index (χ2v) is 6.93. The number of nitrogens with zero attached hydrogens (tertiary/aromatic N) is 2. The number of carbonyl (C=O) groups is 1. The molecule has 1 unspecified atom stereocenters. The minimum Gasteiger partial charge on any atom is -0.493 e. The van der Waals surface area contributed by atoms with Crippen LogP contribution in [0.5, 0.6) is 11.5 Å². The average Bonchev–Trinajstić information content (AvgIpc) is 3.23. The van der Waals surface area contributed by atoms with Crippen LogP contribution in [0.4, 0.5) is 5.13 Å². The molecule has 0 radical (unpaired) electrons. The maximum absolute atomic E-state index is 11.1. The summed E-state index contributed by atoms with van der Waals surface area (Å²) in [7, 11) is 3.31. The highest BCUT2D eigenvalue weighted by Gasteiger charge is 2.27. The summed E-state index contributed by atoms with van der Waals surface area (Å²) in [5, 5.41) is 5.41. The second kappa shape index (κ2) is 7.84. The lowest BCUT2D eigenvalue weighted by Crippen LogP contribution is -2.23. The smallest absolute Gasteiger partial charge is 0.223 e. The number of amides is 1. The number of carbonyl (C=O) groups excluding carboxylic acids is 1. The molecule has 1 N–H and O–H groups in total. The Kier molecular flexibility index (Phi) is 5.55. The number of hydrogen-bond donors (Lipinski definition) is 1. The van der Waals surface area contributed by atoms with Crippen LogP contribution >= 0.6 is 11.3 Å². The summed E-state index contributed by atoms with van der Waals surface area (Å²) in [6.07, 6.45) is 2.26. The van der Waals surface area contributed by atoms with Crippen molar-refractivity contribution in [3.63, 3.8) is 0 Å². The Hall–Kier alpha value is -2.12. The van der Waals surface area contributed by atoms with Gasteiger partial charge in [-0.25, -0.2) is 4.98 Å². The minimum absolute atomic E-state index is 0.0923. The van der Waals surface area contributed by atoms with Gasteiger partial charge in [0, 0.05) is 24.9 Å². The van der Waals surface area contributed by atoms with Gasteiger partial charge >= 0.3 is 0 Å². The van der Waals surface area contributed by atoms with E-state index < -0.39 is 0 Å². The summed E-state index contributed by atoms with van der Waals surface area (Å²) in [4.78, 5) is 18.1. The van der Waals surface area contributed by atoms with Gasteiger partial charge in [-0.15, -0.1) is 11.3 Å². The minimum atomic E-state index is -0.0923. The number of rotatable bonds is 6. The number of nitrogens with one attached hydrogen (secondary N) is 1. The first-order valence-electron chi connectivity index (χ1n) is 8.28. The summed E-state index contributed by atoms with van der Waals surface area (Å²) >= 11 is 1.46. The molecule has 0 spiro atoms. The SMILES string of the molecule is COc1ccc(C2CCCN2Cc2csc(NC(C)=O)n2)cc1OC. The molecule has 3 rings (SSSR count). The topological polar surface area (TPSA) is 63.7 Å². The van der Waals surface area contributed by atoms with Crippen molar-refractivity contribution >= 4 is 22.4 Å². The molecule has 0 bridgehead atoms. The molecule has 1 aliphatic heterocycles. The van der Waals surface area contributed by atoms with Crippen LogP contribution < -0.4 is 14.8 Å². The van der Waals surface area contributed by atoms with Gasteiger partial charge in [0.1, 0.15) is 0 Å². The monoisotopic (exact) mass is 361 g/mol. The third-order valence-electron chi connectivity index (χ3n) is 4.36. The second-order valence-electron chi connectivity index (χ2n) is 6.07. The zero-order valence-electron chi connectivity index (χ0n) is 14.7. The predicted octanol–water partition coefficient (Wildman–Crippen LogP) is 3.46. The number of likely N-dealkylation sites (tertiary alicyclic amines) is 1. The summed E-state index contributed by atoms with van der Waals surface area (Å²) in [6.45, 7) is 3.30. The van der Waals surface area contributed by atoms with Gasteiger partial charge in [-0.05, 0) is 37.1 Å². The lowest BCUT2D eigenvalue weighted by atomic mass is 10.0. The molecule has 1 aliphatic rings. The molecular weight excluding hydrogens is 338 g/mol. The van der Waals surface area contributed by atoms with E-state index in [0.717, 1.165) is 43.1 Å². The van der Waals surface area contributed by atoms with Crippen LogP contribution in [0, 0.1) is 0 Å². The van der Waals surface area contributed by atoms with E-state index in [2.05, 4.69) is 27.3 Å². The molecule has 0 saturated carbocycles. The van der Waals surface area contributed by atoms with Crippen molar-refractivity contribution in [2.24, 2.45) is 0 Å². The molecule has 25 heavy (non-hydrogen) atoms. The maximum Gasteiger partial charge on any atom is 0.223 e. The Bertz CT molecular complexity index is 747. The zero-order valence-corrected chi connectivity index (χ0v) is 15.6. The Morgan fingerprint density at radius 3 is 2.88 bits per heavy atom. The van der Waals surface area contributed by atoms with Crippen LogP contribution in [0.25, 0.3) is 0 Å². The van der Waals surface area contributed by atoms with Crippen molar-refractivity contribution in [1.82, 2.24) is 9.88 Å². The van der Waals surface area contributed by atoms with Gasteiger partial charge in [0.2, 0.25) is 5.91 Å². The fourth-order valence-corrected chi connectivity index (χ4v) is 4.00. The normalized spacial score (nSPS) is 17.5. The van der Waals surface area contributed by atoms with Crippen LogP contribution in [0.1, 0.15) is 37.1 Å². The van der Waals surface area contributed by atoms with E-state index in [0.29, 0.717) is 11.2 Å². The molecule has 1 atom stereocenters. The van der Waals surface area contributed by atoms with Crippen LogP contribution in [0.2, 0.25) is 0 Å². The molecule has 134 valence electrons. The number of anilines is 1. The first kappa shape index (κ1) is 17.7. The predicted molar refractivity (Wildman–Crippen MR) is 98.3 cm³/mol. The van der Waals surface area contributed by atoms with Gasteiger partial charge in [0.15, 0.2) is 16.6 Å². The average molecular weight is 361 g/mol. The zero-order chi connectivity index (χ0) is 17.8. The molecule has 1 aromatic carbocycles. The lowest BCUT2D eigenvalue weighted by Gasteiger charge is -2.24. The quantitative estimate of drug-likeness (QED) is 0.854. The van der Waals surface area contributed by atoms with E-state index in [4.69, 9.17) is 9.47 Å². The molecule has 0 aliphatic carbocycles. The van der Waals surface area contributed by atoms with Gasteiger partial charge < -0.3 is 14.8 Å². The van der Waals surface area contributed by atoms with Crippen molar-refractivity contribution in [3.8, 4) is 11.5 Å². The van der Waals surface area contributed by atoms with E-state index in [1.165, 1.54) is 23.8 Å². The number of ether oxygens (including phenoxy) is 2. The number of methoxy groups -OCH3 is 2. The highest BCUT2D eigenvalue weighted by Crippen LogP contribution is 2.37. The molecule has 7 heteroatoms. The van der Waals surface area contributed by atoms with Crippen LogP contribution in [0.3, 0.4) is 0 Å². The van der Waals surface area contributed by atoms with Crippen LogP contribution in [0.15, 0.2) is 23.6 Å². The number of benzene rings is 1. The van der Waals surface area contributed by atoms with E-state index in [1.807, 2.05) is 11.4 Å². The standard InChI is InChI=1S/C18H23N3O3S/c1-12(22)19-18-20-14(11-25-18)10-21-8-4-5-15(21)13-6-7-16(23-2)17(9-13)24-3/h6-7,9,11,15H,4-5,8,10H2,1-3H3,(H,19,20,22). The van der Waals surface area contributed by atoms with Gasteiger partial charge in [-0.1, -0.05) is 6.07 Å². The number of hydrogen-bond acceptors (Lipinski definition) is 6. The molecule has 2 heterocycles. The van der Waals surface area contributed by atoms with Crippen molar-refractivity contribution in [3.05, 3.63) is 34.8 Å². The number of thiazole rings is 1. The van der Waals surface area contributed by atoms with Gasteiger partial charge in [-0.2, -0.15) is 0 Å². The third kappa shape index (κ3) is 4.11. The van der Waals surface area contributed by atoms with Crippen molar-refractivity contribution < 1.29 is 14.3 Å².